The minimum Gasteiger partial charge on any atom is -0.480 e. The third-order valence-electron chi connectivity index (χ3n) is 3.33. The number of nitrogens with zero attached hydrogens (tertiary/aromatic N) is 1. The summed E-state index contributed by atoms with van der Waals surface area (Å²) in [6.45, 7) is -0.737. The Morgan fingerprint density at radius 3 is 2.25 bits per heavy atom. The number of aliphatic hydroxyl groups excluding tert-OH is 5. The van der Waals surface area contributed by atoms with Crippen molar-refractivity contribution in [2.75, 3.05) is 13.2 Å². The molecule has 0 aromatic heterocycles. The first kappa shape index (κ1) is 16.8. The van der Waals surface area contributed by atoms with E-state index >= 15 is 0 Å². The number of hydrogen-bond donors (Lipinski definition) is 6. The molecule has 0 radical (unpaired) electrons. The maximum absolute atomic E-state index is 11.9. The van der Waals surface area contributed by atoms with E-state index in [1.807, 2.05) is 0 Å². The molecule has 0 aromatic carbocycles. The standard InChI is InChI=1S/C11H19NO8/c13-4-6(14)7(15)8(16)9(17)10(18)12-3-1-2-5(12)11(19)20/h5-9,13-17H,1-4H2,(H,19,20)/t5-,6+,7-,8-,9-/m1/s1. The van der Waals surface area contributed by atoms with Gasteiger partial charge in [-0.3, -0.25) is 4.79 Å². The Morgan fingerprint density at radius 2 is 1.75 bits per heavy atom. The first-order chi connectivity index (χ1) is 9.31. The van der Waals surface area contributed by atoms with Crippen LogP contribution in [0.5, 0.6) is 0 Å². The predicted molar refractivity (Wildman–Crippen MR) is 63.5 cm³/mol. The smallest absolute Gasteiger partial charge is 0.326 e. The van der Waals surface area contributed by atoms with Crippen LogP contribution in [-0.2, 0) is 9.59 Å². The zero-order valence-electron chi connectivity index (χ0n) is 10.7. The van der Waals surface area contributed by atoms with Crippen molar-refractivity contribution >= 4 is 11.9 Å². The molecule has 9 nitrogen and oxygen atoms in total. The Kier molecular flexibility index (Phi) is 5.84. The van der Waals surface area contributed by atoms with Crippen molar-refractivity contribution in [3.05, 3.63) is 0 Å². The van der Waals surface area contributed by atoms with E-state index in [0.717, 1.165) is 4.90 Å². The van der Waals surface area contributed by atoms with Gasteiger partial charge in [0, 0.05) is 6.54 Å². The monoisotopic (exact) mass is 293 g/mol. The maximum atomic E-state index is 11.9. The van der Waals surface area contributed by atoms with Gasteiger partial charge in [0.25, 0.3) is 5.91 Å². The molecule has 1 aliphatic heterocycles. The van der Waals surface area contributed by atoms with Crippen molar-refractivity contribution in [2.45, 2.75) is 43.3 Å². The van der Waals surface area contributed by atoms with Crippen LogP contribution in [0.4, 0.5) is 0 Å². The van der Waals surface area contributed by atoms with Crippen molar-refractivity contribution in [3.8, 4) is 0 Å². The molecule has 1 amide bonds. The number of carboxylic acid groups (broad SMARTS) is 1. The molecule has 0 unspecified atom stereocenters. The van der Waals surface area contributed by atoms with Gasteiger partial charge < -0.3 is 35.5 Å². The zero-order chi connectivity index (χ0) is 15.4. The van der Waals surface area contributed by atoms with E-state index in [2.05, 4.69) is 0 Å². The second-order valence-corrected chi connectivity index (χ2v) is 4.70. The summed E-state index contributed by atoms with van der Waals surface area (Å²) in [4.78, 5) is 23.8. The van der Waals surface area contributed by atoms with Gasteiger partial charge in [0.15, 0.2) is 6.10 Å². The van der Waals surface area contributed by atoms with Crippen LogP contribution in [-0.4, -0.2) is 91.0 Å². The molecule has 0 aromatic rings. The molecular formula is C11H19NO8. The minimum absolute atomic E-state index is 0.123. The van der Waals surface area contributed by atoms with Crippen LogP contribution in [0.25, 0.3) is 0 Å². The van der Waals surface area contributed by atoms with Crippen molar-refractivity contribution in [1.29, 1.82) is 0 Å². The summed E-state index contributed by atoms with van der Waals surface area (Å²) in [6.07, 6.45) is -7.06. The van der Waals surface area contributed by atoms with Gasteiger partial charge in [-0.25, -0.2) is 4.79 Å². The van der Waals surface area contributed by atoms with Crippen molar-refractivity contribution in [2.24, 2.45) is 0 Å². The quantitative estimate of drug-likeness (QED) is 0.294. The lowest BCUT2D eigenvalue weighted by Gasteiger charge is -2.29. The lowest BCUT2D eigenvalue weighted by molar-refractivity contribution is -0.163. The van der Waals surface area contributed by atoms with Gasteiger partial charge in [0.2, 0.25) is 0 Å². The molecular weight excluding hydrogens is 274 g/mol. The van der Waals surface area contributed by atoms with Crippen LogP contribution in [0.2, 0.25) is 0 Å². The fourth-order valence-corrected chi connectivity index (χ4v) is 2.13. The number of carbonyl (C=O) groups is 2. The molecule has 1 fully saturated rings. The largest absolute Gasteiger partial charge is 0.480 e. The van der Waals surface area contributed by atoms with Crippen molar-refractivity contribution in [1.82, 2.24) is 4.90 Å². The average molecular weight is 293 g/mol. The summed E-state index contributed by atoms with van der Waals surface area (Å²) in [7, 11) is 0. The molecule has 1 heterocycles. The Hall–Kier alpha value is -1.26. The van der Waals surface area contributed by atoms with E-state index < -0.39 is 48.9 Å². The van der Waals surface area contributed by atoms with E-state index in [0.29, 0.717) is 6.42 Å². The Labute approximate surface area is 114 Å². The molecule has 20 heavy (non-hydrogen) atoms. The lowest BCUT2D eigenvalue weighted by atomic mass is 10.0. The zero-order valence-corrected chi connectivity index (χ0v) is 10.7. The molecule has 0 saturated carbocycles. The van der Waals surface area contributed by atoms with Crippen LogP contribution in [0.1, 0.15) is 12.8 Å². The lowest BCUT2D eigenvalue weighted by Crippen LogP contribution is -2.54. The van der Waals surface area contributed by atoms with E-state index in [1.165, 1.54) is 0 Å². The molecule has 116 valence electrons. The molecule has 6 N–H and O–H groups in total. The van der Waals surface area contributed by atoms with Crippen LogP contribution < -0.4 is 0 Å². The normalized spacial score (nSPS) is 25.1. The Morgan fingerprint density at radius 1 is 1.15 bits per heavy atom. The molecule has 0 bridgehead atoms. The van der Waals surface area contributed by atoms with Gasteiger partial charge in [0.1, 0.15) is 24.4 Å². The van der Waals surface area contributed by atoms with Crippen LogP contribution in [0.3, 0.4) is 0 Å². The first-order valence-corrected chi connectivity index (χ1v) is 6.17. The third kappa shape index (κ3) is 3.44. The van der Waals surface area contributed by atoms with Gasteiger partial charge in [-0.15, -0.1) is 0 Å². The number of hydrogen-bond acceptors (Lipinski definition) is 7. The fourth-order valence-electron chi connectivity index (χ4n) is 2.13. The van der Waals surface area contributed by atoms with Crippen molar-refractivity contribution < 1.29 is 40.2 Å². The fraction of sp³-hybridized carbons (Fsp3) is 0.818. The van der Waals surface area contributed by atoms with Crippen LogP contribution in [0.15, 0.2) is 0 Å². The molecule has 0 spiro atoms. The summed E-state index contributed by atoms with van der Waals surface area (Å²) in [6, 6.07) is -1.08. The summed E-state index contributed by atoms with van der Waals surface area (Å²) >= 11 is 0. The molecule has 1 rings (SSSR count). The van der Waals surface area contributed by atoms with Crippen LogP contribution >= 0.6 is 0 Å². The topological polar surface area (TPSA) is 159 Å². The van der Waals surface area contributed by atoms with Crippen LogP contribution in [0, 0.1) is 0 Å². The molecule has 1 saturated heterocycles. The van der Waals surface area contributed by atoms with E-state index in [4.69, 9.17) is 15.3 Å². The molecule has 0 aliphatic carbocycles. The second kappa shape index (κ2) is 6.95. The number of rotatable bonds is 6. The third-order valence-corrected chi connectivity index (χ3v) is 3.33. The Bertz CT molecular complexity index is 362. The number of amides is 1. The maximum Gasteiger partial charge on any atom is 0.326 e. The summed E-state index contributed by atoms with van der Waals surface area (Å²) in [5.41, 5.74) is 0. The Balaban J connectivity index is 2.73. The number of aliphatic hydroxyl groups is 5. The highest BCUT2D eigenvalue weighted by Gasteiger charge is 2.41. The highest BCUT2D eigenvalue weighted by molar-refractivity contribution is 5.87. The second-order valence-electron chi connectivity index (χ2n) is 4.70. The summed E-state index contributed by atoms with van der Waals surface area (Å²) in [5, 5.41) is 55.4. The van der Waals surface area contributed by atoms with Gasteiger partial charge >= 0.3 is 5.97 Å². The van der Waals surface area contributed by atoms with E-state index in [9.17, 15) is 24.9 Å². The number of carboxylic acids is 1. The van der Waals surface area contributed by atoms with Gasteiger partial charge in [-0.1, -0.05) is 0 Å². The number of aliphatic carboxylic acids is 1. The minimum atomic E-state index is -2.08. The molecule has 5 atom stereocenters. The van der Waals surface area contributed by atoms with E-state index in [-0.39, 0.29) is 13.0 Å². The van der Waals surface area contributed by atoms with Gasteiger partial charge in [0.05, 0.1) is 6.61 Å². The highest BCUT2D eigenvalue weighted by atomic mass is 16.4. The molecule has 1 aliphatic rings. The number of likely N-dealkylation sites (tertiary alicyclic amines) is 1. The predicted octanol–water partition coefficient (Wildman–Crippen LogP) is -3.50. The molecule has 9 heteroatoms. The summed E-state index contributed by atoms with van der Waals surface area (Å²) < 4.78 is 0. The van der Waals surface area contributed by atoms with Crippen molar-refractivity contribution in [3.63, 3.8) is 0 Å². The average Bonchev–Trinajstić information content (AvgIpc) is 2.92. The van der Waals surface area contributed by atoms with Gasteiger partial charge in [-0.05, 0) is 12.8 Å². The van der Waals surface area contributed by atoms with E-state index in [1.54, 1.807) is 0 Å². The highest BCUT2D eigenvalue weighted by Crippen LogP contribution is 2.20. The number of carbonyl (C=O) groups excluding carboxylic acids is 1. The summed E-state index contributed by atoms with van der Waals surface area (Å²) in [5.74, 6) is -2.25. The first-order valence-electron chi connectivity index (χ1n) is 6.17. The SMILES string of the molecule is O=C(O)[C@H]1CCCN1C(=O)[C@H](O)[C@H](O)[C@H](O)[C@@H](O)CO. The van der Waals surface area contributed by atoms with Gasteiger partial charge in [-0.2, -0.15) is 0 Å².